The highest BCUT2D eigenvalue weighted by molar-refractivity contribution is 7.20. The summed E-state index contributed by atoms with van der Waals surface area (Å²) in [6.45, 7) is 4.08. The Morgan fingerprint density at radius 3 is 2.79 bits per heavy atom. The number of benzene rings is 1. The maximum Gasteiger partial charge on any atom is 0.261 e. The van der Waals surface area contributed by atoms with E-state index >= 15 is 0 Å². The largest absolute Gasteiger partial charge is 0.349 e. The number of aromatic nitrogens is 2. The quantitative estimate of drug-likeness (QED) is 0.770. The average Bonchev–Trinajstić information content (AvgIpc) is 3.26. The molecule has 4 nitrogen and oxygen atoms in total. The Morgan fingerprint density at radius 2 is 2.04 bits per heavy atom. The first-order valence-corrected chi connectivity index (χ1v) is 9.30. The standard InChI is InChI=1S/C19H21N3OS/c1-12-6-5-9-15(10-12)22-19-16(13(2)21-22)11-17(24-19)18(23)20-14-7-3-4-8-14/h5-6,9-11,14H,3-4,7-8H2,1-2H3,(H,20,23). The van der Waals surface area contributed by atoms with Crippen LogP contribution in [0.3, 0.4) is 0 Å². The van der Waals surface area contributed by atoms with Gasteiger partial charge in [0.05, 0.1) is 16.3 Å². The minimum absolute atomic E-state index is 0.0540. The fourth-order valence-electron chi connectivity index (χ4n) is 3.42. The highest BCUT2D eigenvalue weighted by Gasteiger charge is 2.21. The first-order chi connectivity index (χ1) is 11.6. The summed E-state index contributed by atoms with van der Waals surface area (Å²) in [5.74, 6) is 0.0540. The van der Waals surface area contributed by atoms with Gasteiger partial charge in [0.15, 0.2) is 0 Å². The lowest BCUT2D eigenvalue weighted by Gasteiger charge is -2.10. The van der Waals surface area contributed by atoms with Gasteiger partial charge in [-0.1, -0.05) is 25.0 Å². The molecule has 0 unspecified atom stereocenters. The minimum Gasteiger partial charge on any atom is -0.349 e. The molecule has 0 radical (unpaired) electrons. The number of amides is 1. The molecular formula is C19H21N3OS. The molecule has 1 aliphatic rings. The van der Waals surface area contributed by atoms with E-state index in [-0.39, 0.29) is 5.91 Å². The lowest BCUT2D eigenvalue weighted by Crippen LogP contribution is -2.31. The van der Waals surface area contributed by atoms with E-state index in [1.807, 2.05) is 23.7 Å². The van der Waals surface area contributed by atoms with E-state index in [0.717, 1.165) is 39.3 Å². The molecule has 0 saturated heterocycles. The predicted octanol–water partition coefficient (Wildman–Crippen LogP) is 4.38. The van der Waals surface area contributed by atoms with Crippen LogP contribution in [0.2, 0.25) is 0 Å². The van der Waals surface area contributed by atoms with Gasteiger partial charge in [-0.25, -0.2) is 4.68 Å². The van der Waals surface area contributed by atoms with Crippen LogP contribution in [-0.2, 0) is 0 Å². The number of rotatable bonds is 3. The molecular weight excluding hydrogens is 318 g/mol. The minimum atomic E-state index is 0.0540. The van der Waals surface area contributed by atoms with Crippen molar-refractivity contribution in [3.05, 3.63) is 46.5 Å². The van der Waals surface area contributed by atoms with Crippen LogP contribution >= 0.6 is 11.3 Å². The lowest BCUT2D eigenvalue weighted by atomic mass is 10.2. The van der Waals surface area contributed by atoms with Crippen molar-refractivity contribution in [3.63, 3.8) is 0 Å². The number of hydrogen-bond donors (Lipinski definition) is 1. The van der Waals surface area contributed by atoms with Crippen molar-refractivity contribution in [2.75, 3.05) is 0 Å². The zero-order valence-corrected chi connectivity index (χ0v) is 14.8. The van der Waals surface area contributed by atoms with E-state index in [4.69, 9.17) is 0 Å². The molecule has 2 heterocycles. The lowest BCUT2D eigenvalue weighted by molar-refractivity contribution is 0.0942. The Kier molecular flexibility index (Phi) is 3.88. The van der Waals surface area contributed by atoms with Gasteiger partial charge in [0.1, 0.15) is 4.83 Å². The SMILES string of the molecule is Cc1cccc(-n2nc(C)c3cc(C(=O)NC4CCCC4)sc32)c1. The van der Waals surface area contributed by atoms with E-state index in [1.165, 1.54) is 29.7 Å². The molecule has 1 aromatic carbocycles. The normalized spacial score (nSPS) is 15.2. The Labute approximate surface area is 145 Å². The summed E-state index contributed by atoms with van der Waals surface area (Å²) < 4.78 is 1.95. The molecule has 1 amide bonds. The highest BCUT2D eigenvalue weighted by atomic mass is 32.1. The van der Waals surface area contributed by atoms with Crippen molar-refractivity contribution in [2.45, 2.75) is 45.6 Å². The van der Waals surface area contributed by atoms with Gasteiger partial charge in [0, 0.05) is 11.4 Å². The third-order valence-corrected chi connectivity index (χ3v) is 5.81. The Bertz CT molecular complexity index is 903. The molecule has 1 saturated carbocycles. The van der Waals surface area contributed by atoms with Crippen LogP contribution in [0.4, 0.5) is 0 Å². The monoisotopic (exact) mass is 339 g/mol. The van der Waals surface area contributed by atoms with Crippen LogP contribution in [0, 0.1) is 13.8 Å². The smallest absolute Gasteiger partial charge is 0.261 e. The number of carbonyl (C=O) groups is 1. The second kappa shape index (κ2) is 6.06. The summed E-state index contributed by atoms with van der Waals surface area (Å²) in [7, 11) is 0. The molecule has 0 aliphatic heterocycles. The van der Waals surface area contributed by atoms with Gasteiger partial charge >= 0.3 is 0 Å². The molecule has 24 heavy (non-hydrogen) atoms. The van der Waals surface area contributed by atoms with E-state index in [0.29, 0.717) is 6.04 Å². The second-order valence-electron chi connectivity index (χ2n) is 6.62. The molecule has 0 atom stereocenters. The third kappa shape index (κ3) is 2.73. The van der Waals surface area contributed by atoms with Crippen molar-refractivity contribution in [1.29, 1.82) is 0 Å². The zero-order chi connectivity index (χ0) is 16.7. The topological polar surface area (TPSA) is 46.9 Å². The van der Waals surface area contributed by atoms with E-state index in [9.17, 15) is 4.79 Å². The first-order valence-electron chi connectivity index (χ1n) is 8.49. The van der Waals surface area contributed by atoms with Crippen molar-refractivity contribution < 1.29 is 4.79 Å². The number of aryl methyl sites for hydroxylation is 2. The Balaban J connectivity index is 1.70. The number of thiophene rings is 1. The van der Waals surface area contributed by atoms with Crippen molar-refractivity contribution >= 4 is 27.5 Å². The molecule has 5 heteroatoms. The zero-order valence-electron chi connectivity index (χ0n) is 14.0. The summed E-state index contributed by atoms with van der Waals surface area (Å²) in [4.78, 5) is 14.4. The van der Waals surface area contributed by atoms with E-state index in [1.54, 1.807) is 0 Å². The van der Waals surface area contributed by atoms with Crippen molar-refractivity contribution in [2.24, 2.45) is 0 Å². The fraction of sp³-hybridized carbons (Fsp3) is 0.368. The van der Waals surface area contributed by atoms with Crippen molar-refractivity contribution in [1.82, 2.24) is 15.1 Å². The van der Waals surface area contributed by atoms with Gasteiger partial charge in [-0.15, -0.1) is 11.3 Å². The van der Waals surface area contributed by atoms with Gasteiger partial charge < -0.3 is 5.32 Å². The van der Waals surface area contributed by atoms with Gasteiger partial charge in [0.25, 0.3) is 5.91 Å². The molecule has 124 valence electrons. The summed E-state index contributed by atoms with van der Waals surface area (Å²) >= 11 is 1.53. The fourth-order valence-corrected chi connectivity index (χ4v) is 4.51. The molecule has 0 spiro atoms. The van der Waals surface area contributed by atoms with Crippen LogP contribution in [0.25, 0.3) is 15.9 Å². The first kappa shape index (κ1) is 15.4. The van der Waals surface area contributed by atoms with Gasteiger partial charge in [-0.05, 0) is 50.5 Å². The van der Waals surface area contributed by atoms with Gasteiger partial charge in [-0.2, -0.15) is 5.10 Å². The number of nitrogens with zero attached hydrogens (tertiary/aromatic N) is 2. The summed E-state index contributed by atoms with van der Waals surface area (Å²) in [6, 6.07) is 10.6. The molecule has 2 aromatic heterocycles. The Hall–Kier alpha value is -2.14. The number of fused-ring (bicyclic) bond motifs is 1. The molecule has 4 rings (SSSR count). The summed E-state index contributed by atoms with van der Waals surface area (Å²) in [5.41, 5.74) is 3.20. The van der Waals surface area contributed by atoms with E-state index < -0.39 is 0 Å². The maximum atomic E-state index is 12.6. The molecule has 0 bridgehead atoms. The molecule has 3 aromatic rings. The van der Waals surface area contributed by atoms with Crippen molar-refractivity contribution in [3.8, 4) is 5.69 Å². The predicted molar refractivity (Wildman–Crippen MR) is 98.1 cm³/mol. The molecule has 1 fully saturated rings. The summed E-state index contributed by atoms with van der Waals surface area (Å²) in [6.07, 6.45) is 4.65. The summed E-state index contributed by atoms with van der Waals surface area (Å²) in [5, 5.41) is 8.90. The second-order valence-corrected chi connectivity index (χ2v) is 7.65. The van der Waals surface area contributed by atoms with Crippen LogP contribution in [0.15, 0.2) is 30.3 Å². The number of nitrogens with one attached hydrogen (secondary N) is 1. The third-order valence-electron chi connectivity index (χ3n) is 4.71. The highest BCUT2D eigenvalue weighted by Crippen LogP contribution is 2.31. The maximum absolute atomic E-state index is 12.6. The number of carbonyl (C=O) groups excluding carboxylic acids is 1. The molecule has 1 N–H and O–H groups in total. The van der Waals surface area contributed by atoms with Crippen LogP contribution in [-0.4, -0.2) is 21.7 Å². The molecule has 1 aliphatic carbocycles. The van der Waals surface area contributed by atoms with Crippen LogP contribution in [0.5, 0.6) is 0 Å². The number of hydrogen-bond acceptors (Lipinski definition) is 3. The van der Waals surface area contributed by atoms with E-state index in [2.05, 4.69) is 35.5 Å². The van der Waals surface area contributed by atoms with Crippen LogP contribution in [0.1, 0.15) is 46.6 Å². The van der Waals surface area contributed by atoms with Gasteiger partial charge in [0.2, 0.25) is 0 Å². The van der Waals surface area contributed by atoms with Crippen LogP contribution < -0.4 is 5.32 Å². The Morgan fingerprint density at radius 1 is 1.25 bits per heavy atom. The average molecular weight is 339 g/mol. The van der Waals surface area contributed by atoms with Gasteiger partial charge in [-0.3, -0.25) is 4.79 Å².